The van der Waals surface area contributed by atoms with E-state index in [1.807, 2.05) is 0 Å². The van der Waals surface area contributed by atoms with Crippen LogP contribution in [0.5, 0.6) is 0 Å². The van der Waals surface area contributed by atoms with Gasteiger partial charge < -0.3 is 5.73 Å². The Morgan fingerprint density at radius 3 is 2.31 bits per heavy atom. The predicted octanol–water partition coefficient (Wildman–Crippen LogP) is 3.68. The zero-order valence-electron chi connectivity index (χ0n) is 8.51. The van der Waals surface area contributed by atoms with E-state index < -0.39 is 23.6 Å². The zero-order chi connectivity index (χ0) is 11.6. The Morgan fingerprint density at radius 2 is 1.88 bits per heavy atom. The third-order valence-corrected chi connectivity index (χ3v) is 2.16. The van der Waals surface area contributed by atoms with E-state index in [-0.39, 0.29) is 18.0 Å². The molecular weight excluding hydrogens is 246 g/mol. The summed E-state index contributed by atoms with van der Waals surface area (Å²) in [5.74, 6) is -0.697. The fourth-order valence-corrected chi connectivity index (χ4v) is 1.22. The molecule has 0 aliphatic carbocycles. The number of benzene rings is 1. The lowest BCUT2D eigenvalue weighted by Gasteiger charge is -2.13. The smallest absolute Gasteiger partial charge is 0.324 e. The molecule has 0 amide bonds. The molecule has 0 aliphatic heterocycles. The molecule has 0 aliphatic rings. The molecule has 0 bridgehead atoms. The standard InChI is InChI=1S/C10H11F4N.ClH/c1-2-9(15)7-5-6(10(12,13)14)3-4-8(7)11;/h3-5,9H,2,15H2,1H3;1H/t9-;/m1./s1. The Morgan fingerprint density at radius 1 is 1.31 bits per heavy atom. The van der Waals surface area contributed by atoms with Gasteiger partial charge in [-0.1, -0.05) is 6.92 Å². The van der Waals surface area contributed by atoms with Crippen molar-refractivity contribution in [2.24, 2.45) is 5.73 Å². The van der Waals surface area contributed by atoms with Crippen molar-refractivity contribution in [1.82, 2.24) is 0 Å². The van der Waals surface area contributed by atoms with Crippen LogP contribution in [0, 0.1) is 5.82 Å². The average Bonchev–Trinajstić information content (AvgIpc) is 2.15. The van der Waals surface area contributed by atoms with Crippen molar-refractivity contribution in [1.29, 1.82) is 0 Å². The van der Waals surface area contributed by atoms with Gasteiger partial charge in [0, 0.05) is 11.6 Å². The molecular formula is C10H12ClF4N. The molecule has 0 fully saturated rings. The Kier molecular flexibility index (Phi) is 5.22. The van der Waals surface area contributed by atoms with E-state index in [4.69, 9.17) is 5.73 Å². The molecule has 1 aromatic rings. The second kappa shape index (κ2) is 5.50. The third-order valence-electron chi connectivity index (χ3n) is 2.16. The first-order valence-corrected chi connectivity index (χ1v) is 4.48. The Balaban J connectivity index is 0.00000225. The van der Waals surface area contributed by atoms with Crippen LogP contribution in [0.15, 0.2) is 18.2 Å². The molecule has 1 atom stereocenters. The van der Waals surface area contributed by atoms with E-state index in [9.17, 15) is 17.6 Å². The average molecular weight is 258 g/mol. The minimum Gasteiger partial charge on any atom is -0.324 e. The van der Waals surface area contributed by atoms with Gasteiger partial charge in [-0.3, -0.25) is 0 Å². The first kappa shape index (κ1) is 15.2. The SMILES string of the molecule is CC[C@@H](N)c1cc(C(F)(F)F)ccc1F.Cl. The van der Waals surface area contributed by atoms with Crippen molar-refractivity contribution in [3.8, 4) is 0 Å². The summed E-state index contributed by atoms with van der Waals surface area (Å²) in [6.07, 6.45) is -4.08. The summed E-state index contributed by atoms with van der Waals surface area (Å²) in [4.78, 5) is 0. The van der Waals surface area contributed by atoms with E-state index in [2.05, 4.69) is 0 Å². The molecule has 0 saturated heterocycles. The van der Waals surface area contributed by atoms with E-state index in [1.54, 1.807) is 6.92 Å². The van der Waals surface area contributed by atoms with Crippen molar-refractivity contribution in [3.63, 3.8) is 0 Å². The monoisotopic (exact) mass is 257 g/mol. The highest BCUT2D eigenvalue weighted by molar-refractivity contribution is 5.85. The minimum atomic E-state index is -4.46. The van der Waals surface area contributed by atoms with Crippen LogP contribution in [-0.4, -0.2) is 0 Å². The summed E-state index contributed by atoms with van der Waals surface area (Å²) in [6, 6.07) is 1.57. The quantitative estimate of drug-likeness (QED) is 0.804. The van der Waals surface area contributed by atoms with Crippen LogP contribution >= 0.6 is 12.4 Å². The molecule has 0 unspecified atom stereocenters. The second-order valence-corrected chi connectivity index (χ2v) is 3.25. The first-order chi connectivity index (χ1) is 6.86. The number of rotatable bonds is 2. The lowest BCUT2D eigenvalue weighted by Crippen LogP contribution is -2.13. The van der Waals surface area contributed by atoms with Gasteiger partial charge in [0.05, 0.1) is 5.56 Å². The van der Waals surface area contributed by atoms with Crippen molar-refractivity contribution >= 4 is 12.4 Å². The minimum absolute atomic E-state index is 0. The molecule has 1 rings (SSSR count). The van der Waals surface area contributed by atoms with Gasteiger partial charge >= 0.3 is 6.18 Å². The van der Waals surface area contributed by atoms with Crippen LogP contribution in [0.1, 0.15) is 30.5 Å². The molecule has 0 heterocycles. The van der Waals surface area contributed by atoms with E-state index in [0.717, 1.165) is 12.1 Å². The molecule has 0 saturated carbocycles. The maximum Gasteiger partial charge on any atom is 0.416 e. The largest absolute Gasteiger partial charge is 0.416 e. The van der Waals surface area contributed by atoms with Crippen LogP contribution in [0.4, 0.5) is 17.6 Å². The zero-order valence-corrected chi connectivity index (χ0v) is 9.33. The Hall–Kier alpha value is -0.810. The Labute approximate surface area is 97.0 Å². The van der Waals surface area contributed by atoms with Crippen molar-refractivity contribution in [3.05, 3.63) is 35.1 Å². The second-order valence-electron chi connectivity index (χ2n) is 3.25. The molecule has 6 heteroatoms. The number of alkyl halides is 3. The molecule has 0 spiro atoms. The molecule has 92 valence electrons. The summed E-state index contributed by atoms with van der Waals surface area (Å²) in [6.45, 7) is 1.68. The van der Waals surface area contributed by atoms with Gasteiger partial charge in [-0.05, 0) is 24.6 Å². The third kappa shape index (κ3) is 3.35. The van der Waals surface area contributed by atoms with Gasteiger partial charge in [0.15, 0.2) is 0 Å². The fourth-order valence-electron chi connectivity index (χ4n) is 1.22. The van der Waals surface area contributed by atoms with Gasteiger partial charge in [0.1, 0.15) is 5.82 Å². The van der Waals surface area contributed by atoms with Gasteiger partial charge in [0.2, 0.25) is 0 Å². The van der Waals surface area contributed by atoms with E-state index in [0.29, 0.717) is 12.5 Å². The van der Waals surface area contributed by atoms with Crippen LogP contribution in [0.2, 0.25) is 0 Å². The summed E-state index contributed by atoms with van der Waals surface area (Å²) >= 11 is 0. The van der Waals surface area contributed by atoms with Gasteiger partial charge in [-0.2, -0.15) is 13.2 Å². The van der Waals surface area contributed by atoms with E-state index >= 15 is 0 Å². The molecule has 2 N–H and O–H groups in total. The summed E-state index contributed by atoms with van der Waals surface area (Å²) in [5, 5.41) is 0. The van der Waals surface area contributed by atoms with Gasteiger partial charge in [-0.25, -0.2) is 4.39 Å². The highest BCUT2D eigenvalue weighted by atomic mass is 35.5. The number of nitrogens with two attached hydrogens (primary N) is 1. The van der Waals surface area contributed by atoms with Crippen LogP contribution < -0.4 is 5.73 Å². The molecule has 0 radical (unpaired) electrons. The van der Waals surface area contributed by atoms with Crippen LogP contribution in [0.25, 0.3) is 0 Å². The highest BCUT2D eigenvalue weighted by Crippen LogP contribution is 2.31. The predicted molar refractivity (Wildman–Crippen MR) is 55.9 cm³/mol. The summed E-state index contributed by atoms with van der Waals surface area (Å²) < 4.78 is 50.1. The summed E-state index contributed by atoms with van der Waals surface area (Å²) in [5.41, 5.74) is 4.54. The highest BCUT2D eigenvalue weighted by Gasteiger charge is 2.31. The number of hydrogen-bond donors (Lipinski definition) is 1. The Bertz CT molecular complexity index is 351. The molecule has 1 nitrogen and oxygen atoms in total. The van der Waals surface area contributed by atoms with Gasteiger partial charge in [0.25, 0.3) is 0 Å². The molecule has 16 heavy (non-hydrogen) atoms. The topological polar surface area (TPSA) is 26.0 Å². The molecule has 1 aromatic carbocycles. The molecule has 0 aromatic heterocycles. The number of hydrogen-bond acceptors (Lipinski definition) is 1. The first-order valence-electron chi connectivity index (χ1n) is 4.48. The van der Waals surface area contributed by atoms with Crippen LogP contribution in [0.3, 0.4) is 0 Å². The lowest BCUT2D eigenvalue weighted by molar-refractivity contribution is -0.137. The van der Waals surface area contributed by atoms with Crippen molar-refractivity contribution in [2.45, 2.75) is 25.6 Å². The summed E-state index contributed by atoms with van der Waals surface area (Å²) in [7, 11) is 0. The maximum atomic E-state index is 13.1. The normalized spacial score (nSPS) is 13.1. The fraction of sp³-hybridized carbons (Fsp3) is 0.400. The lowest BCUT2D eigenvalue weighted by atomic mass is 10.0. The number of halogens is 5. The maximum absolute atomic E-state index is 13.1. The van der Waals surface area contributed by atoms with Crippen molar-refractivity contribution in [2.75, 3.05) is 0 Å². The van der Waals surface area contributed by atoms with Crippen molar-refractivity contribution < 1.29 is 17.6 Å². The van der Waals surface area contributed by atoms with Crippen LogP contribution in [-0.2, 0) is 6.18 Å². The van der Waals surface area contributed by atoms with Gasteiger partial charge in [-0.15, -0.1) is 12.4 Å². The van der Waals surface area contributed by atoms with E-state index in [1.165, 1.54) is 0 Å².